The number of aromatic amines is 1. The Balaban J connectivity index is 2.12. The van der Waals surface area contributed by atoms with Gasteiger partial charge in [-0.05, 0) is 49.1 Å². The molecule has 3 heterocycles. The third kappa shape index (κ3) is 2.73. The normalized spacial score (nSPS) is 12.6. The first kappa shape index (κ1) is 18.1. The number of aromatic nitrogens is 3. The monoisotopic (exact) mass is 374 g/mol. The molecule has 142 valence electrons. The molecule has 6 heteroatoms. The largest absolute Gasteiger partial charge is 0.493 e. The van der Waals surface area contributed by atoms with Gasteiger partial charge >= 0.3 is 0 Å². The van der Waals surface area contributed by atoms with Crippen LogP contribution >= 0.6 is 0 Å². The Morgan fingerprint density at radius 1 is 1.14 bits per heavy atom. The molecular weight excluding hydrogens is 352 g/mol. The molecule has 4 rings (SSSR count). The van der Waals surface area contributed by atoms with E-state index < -0.39 is 0 Å². The second-order valence-electron chi connectivity index (χ2n) is 7.21. The Morgan fingerprint density at radius 3 is 2.54 bits per heavy atom. The van der Waals surface area contributed by atoms with E-state index in [2.05, 4.69) is 21.9 Å². The lowest BCUT2D eigenvalue weighted by Gasteiger charge is -2.14. The lowest BCUT2D eigenvalue weighted by atomic mass is 9.95. The Kier molecular flexibility index (Phi) is 4.35. The number of aromatic hydroxyl groups is 1. The number of aryl methyl sites for hydroxylation is 2. The van der Waals surface area contributed by atoms with Crippen LogP contribution in [-0.4, -0.2) is 26.6 Å². The molecule has 0 aliphatic carbocycles. The van der Waals surface area contributed by atoms with Crippen molar-refractivity contribution in [2.45, 2.75) is 26.7 Å². The van der Waals surface area contributed by atoms with Crippen LogP contribution in [0.2, 0.25) is 0 Å². The number of fused-ring (bicyclic) bond motifs is 3. The fraction of sp³-hybridized carbons (Fsp3) is 0.227. The Labute approximate surface area is 162 Å². The second-order valence-corrected chi connectivity index (χ2v) is 7.21. The summed E-state index contributed by atoms with van der Waals surface area (Å²) in [5.41, 5.74) is 10.6. The van der Waals surface area contributed by atoms with Crippen molar-refractivity contribution in [1.82, 2.24) is 15.0 Å². The molecule has 1 unspecified atom stereocenters. The summed E-state index contributed by atoms with van der Waals surface area (Å²) < 4.78 is 0. The van der Waals surface area contributed by atoms with E-state index in [0.29, 0.717) is 39.6 Å². The summed E-state index contributed by atoms with van der Waals surface area (Å²) >= 11 is 0. The van der Waals surface area contributed by atoms with E-state index >= 15 is 0 Å². The van der Waals surface area contributed by atoms with Crippen LogP contribution in [0.3, 0.4) is 0 Å². The highest BCUT2D eigenvalue weighted by atomic mass is 16.3. The number of nitrogens with two attached hydrogens (primary N) is 1. The summed E-state index contributed by atoms with van der Waals surface area (Å²) in [6.07, 6.45) is 1.68. The SMILES string of the molecule is Cc1nc(O)c(-c2ccc(C(C)CN)cc2)c2c1[nH]c(=O)c1c(C)ccnc12. The third-order valence-corrected chi connectivity index (χ3v) is 5.34. The molecule has 3 aromatic heterocycles. The van der Waals surface area contributed by atoms with Crippen molar-refractivity contribution in [2.75, 3.05) is 6.54 Å². The quantitative estimate of drug-likeness (QED) is 0.476. The Bertz CT molecular complexity index is 1260. The van der Waals surface area contributed by atoms with Gasteiger partial charge in [-0.1, -0.05) is 31.2 Å². The van der Waals surface area contributed by atoms with Gasteiger partial charge < -0.3 is 15.8 Å². The van der Waals surface area contributed by atoms with Gasteiger partial charge in [0.05, 0.1) is 27.7 Å². The third-order valence-electron chi connectivity index (χ3n) is 5.34. The van der Waals surface area contributed by atoms with Gasteiger partial charge in [-0.3, -0.25) is 9.78 Å². The maximum absolute atomic E-state index is 12.7. The maximum atomic E-state index is 12.7. The minimum Gasteiger partial charge on any atom is -0.493 e. The fourth-order valence-electron chi connectivity index (χ4n) is 3.68. The predicted octanol–water partition coefficient (Wildman–Crippen LogP) is 3.52. The highest BCUT2D eigenvalue weighted by molar-refractivity contribution is 6.12. The molecule has 4 aromatic rings. The number of nitrogens with one attached hydrogen (secondary N) is 1. The average molecular weight is 374 g/mol. The van der Waals surface area contributed by atoms with Crippen LogP contribution in [0.15, 0.2) is 41.3 Å². The number of H-pyrrole nitrogens is 1. The lowest BCUT2D eigenvalue weighted by molar-refractivity contribution is 0.455. The van der Waals surface area contributed by atoms with Crippen molar-refractivity contribution >= 4 is 21.8 Å². The Hall–Kier alpha value is -3.25. The average Bonchev–Trinajstić information content (AvgIpc) is 2.68. The predicted molar refractivity (Wildman–Crippen MR) is 112 cm³/mol. The number of pyridine rings is 3. The zero-order valence-electron chi connectivity index (χ0n) is 16.1. The van der Waals surface area contributed by atoms with E-state index in [-0.39, 0.29) is 17.4 Å². The van der Waals surface area contributed by atoms with Crippen LogP contribution < -0.4 is 11.3 Å². The topological polar surface area (TPSA) is 105 Å². The van der Waals surface area contributed by atoms with Crippen LogP contribution in [0.1, 0.15) is 29.7 Å². The summed E-state index contributed by atoms with van der Waals surface area (Å²) in [7, 11) is 0. The number of hydrogen-bond acceptors (Lipinski definition) is 5. The molecule has 1 aromatic carbocycles. The van der Waals surface area contributed by atoms with Crippen molar-refractivity contribution in [3.8, 4) is 17.0 Å². The van der Waals surface area contributed by atoms with Gasteiger partial charge in [0.15, 0.2) is 0 Å². The molecule has 0 saturated carbocycles. The number of rotatable bonds is 3. The van der Waals surface area contributed by atoms with Crippen molar-refractivity contribution in [3.05, 3.63) is 63.7 Å². The minimum absolute atomic E-state index is 0.0821. The molecule has 0 bridgehead atoms. The van der Waals surface area contributed by atoms with E-state index in [1.54, 1.807) is 19.2 Å². The molecule has 0 radical (unpaired) electrons. The molecule has 0 fully saturated rings. The summed E-state index contributed by atoms with van der Waals surface area (Å²) in [5.74, 6) is 0.165. The van der Waals surface area contributed by atoms with E-state index in [1.165, 1.54) is 0 Å². The number of nitrogens with zero attached hydrogens (tertiary/aromatic N) is 2. The standard InChI is InChI=1S/C22H22N4O2/c1-11-8-9-24-20-16(11)21(27)26-19-13(3)25-22(28)17(18(19)20)15-6-4-14(5-7-15)12(2)10-23/h4-9,12H,10,23H2,1-3H3,(H,25,28)(H,26,27). The van der Waals surface area contributed by atoms with Gasteiger partial charge in [-0.15, -0.1) is 0 Å². The van der Waals surface area contributed by atoms with Gasteiger partial charge in [0.25, 0.3) is 5.56 Å². The van der Waals surface area contributed by atoms with Crippen LogP contribution in [0, 0.1) is 13.8 Å². The first-order valence-corrected chi connectivity index (χ1v) is 9.23. The fourth-order valence-corrected chi connectivity index (χ4v) is 3.68. The molecule has 4 N–H and O–H groups in total. The smallest absolute Gasteiger partial charge is 0.258 e. The van der Waals surface area contributed by atoms with E-state index in [4.69, 9.17) is 5.73 Å². The van der Waals surface area contributed by atoms with Crippen molar-refractivity contribution in [1.29, 1.82) is 0 Å². The van der Waals surface area contributed by atoms with Gasteiger partial charge in [-0.25, -0.2) is 4.98 Å². The summed E-state index contributed by atoms with van der Waals surface area (Å²) in [6.45, 7) is 6.27. The molecule has 0 amide bonds. The van der Waals surface area contributed by atoms with Gasteiger partial charge in [-0.2, -0.15) is 0 Å². The molecular formula is C22H22N4O2. The van der Waals surface area contributed by atoms with Crippen molar-refractivity contribution in [3.63, 3.8) is 0 Å². The molecule has 0 saturated heterocycles. The first-order chi connectivity index (χ1) is 13.4. The molecule has 6 nitrogen and oxygen atoms in total. The summed E-state index contributed by atoms with van der Waals surface area (Å²) in [4.78, 5) is 24.3. The van der Waals surface area contributed by atoms with Crippen LogP contribution in [0.4, 0.5) is 0 Å². The van der Waals surface area contributed by atoms with Gasteiger partial charge in [0.2, 0.25) is 5.88 Å². The molecule has 0 aliphatic rings. The van der Waals surface area contributed by atoms with Gasteiger partial charge in [0.1, 0.15) is 0 Å². The molecule has 0 spiro atoms. The summed E-state index contributed by atoms with van der Waals surface area (Å²) in [6, 6.07) is 9.70. The van der Waals surface area contributed by atoms with Crippen LogP contribution in [-0.2, 0) is 0 Å². The number of hydrogen-bond donors (Lipinski definition) is 3. The highest BCUT2D eigenvalue weighted by Gasteiger charge is 2.19. The zero-order chi connectivity index (χ0) is 20.0. The maximum Gasteiger partial charge on any atom is 0.258 e. The number of benzene rings is 1. The van der Waals surface area contributed by atoms with Gasteiger partial charge in [0, 0.05) is 11.6 Å². The molecule has 1 atom stereocenters. The lowest BCUT2D eigenvalue weighted by Crippen LogP contribution is -2.11. The van der Waals surface area contributed by atoms with E-state index in [1.807, 2.05) is 31.2 Å². The minimum atomic E-state index is -0.207. The van der Waals surface area contributed by atoms with E-state index in [0.717, 1.165) is 16.7 Å². The first-order valence-electron chi connectivity index (χ1n) is 9.23. The molecule has 28 heavy (non-hydrogen) atoms. The van der Waals surface area contributed by atoms with Crippen LogP contribution in [0.25, 0.3) is 32.9 Å². The molecule has 0 aliphatic heterocycles. The van der Waals surface area contributed by atoms with Crippen molar-refractivity contribution < 1.29 is 5.11 Å². The Morgan fingerprint density at radius 2 is 1.86 bits per heavy atom. The zero-order valence-corrected chi connectivity index (χ0v) is 16.1. The summed E-state index contributed by atoms with van der Waals surface area (Å²) in [5, 5.41) is 11.9. The van der Waals surface area contributed by atoms with E-state index in [9.17, 15) is 9.90 Å². The van der Waals surface area contributed by atoms with Crippen LogP contribution in [0.5, 0.6) is 5.88 Å². The second kappa shape index (κ2) is 6.73. The highest BCUT2D eigenvalue weighted by Crippen LogP contribution is 2.38. The van der Waals surface area contributed by atoms with Crippen molar-refractivity contribution in [2.24, 2.45) is 5.73 Å².